The Morgan fingerprint density at radius 2 is 1.93 bits per heavy atom. The molecule has 2 heterocycles. The molecular formula is C27H31N3O10. The zero-order valence-electron chi connectivity index (χ0n) is 22.3. The highest BCUT2D eigenvalue weighted by Gasteiger charge is 2.53. The first-order valence-electron chi connectivity index (χ1n) is 12.3. The number of nitrogens with one attached hydrogen (secondary N) is 1. The van der Waals surface area contributed by atoms with Crippen LogP contribution in [0.5, 0.6) is 11.5 Å². The Balaban J connectivity index is 1.65. The summed E-state index contributed by atoms with van der Waals surface area (Å²) in [5.41, 5.74) is 9.52. The van der Waals surface area contributed by atoms with Crippen LogP contribution >= 0.6 is 0 Å². The maximum absolute atomic E-state index is 12.8. The molecule has 1 fully saturated rings. The maximum Gasteiger partial charge on any atom is 0.404 e. The van der Waals surface area contributed by atoms with Crippen molar-refractivity contribution in [2.75, 3.05) is 12.4 Å². The van der Waals surface area contributed by atoms with Gasteiger partial charge >= 0.3 is 11.7 Å². The summed E-state index contributed by atoms with van der Waals surface area (Å²) in [6, 6.07) is 9.38. The number of aryl methyl sites for hydroxylation is 1. The summed E-state index contributed by atoms with van der Waals surface area (Å²) in [6.45, 7) is 5.10. The number of aromatic hydroxyl groups is 1. The van der Waals surface area contributed by atoms with E-state index in [0.717, 1.165) is 0 Å². The zero-order valence-corrected chi connectivity index (χ0v) is 22.3. The van der Waals surface area contributed by atoms with Gasteiger partial charge in [-0.2, -0.15) is 0 Å². The van der Waals surface area contributed by atoms with Gasteiger partial charge < -0.3 is 50.4 Å². The fraction of sp³-hybridized carbons (Fsp3) is 0.370. The van der Waals surface area contributed by atoms with Crippen molar-refractivity contribution in [1.82, 2.24) is 0 Å². The van der Waals surface area contributed by atoms with Gasteiger partial charge in [0.1, 0.15) is 17.4 Å². The van der Waals surface area contributed by atoms with E-state index in [1.807, 2.05) is 0 Å². The lowest BCUT2D eigenvalue weighted by Crippen LogP contribution is -2.65. The van der Waals surface area contributed by atoms with Crippen molar-refractivity contribution in [3.8, 4) is 11.5 Å². The SMILES string of the molecule is CO[C@@H]1[C@@H](OC(N)=O)[C@@H](O)[C@H](Oc2ccc3c(O)c(NC(=O)c4cccc(CN)c4)c(=O)oc3c2C)OC1(C)C. The van der Waals surface area contributed by atoms with Gasteiger partial charge in [-0.15, -0.1) is 0 Å². The fourth-order valence-corrected chi connectivity index (χ4v) is 4.70. The monoisotopic (exact) mass is 557 g/mol. The van der Waals surface area contributed by atoms with Crippen molar-refractivity contribution in [3.63, 3.8) is 0 Å². The maximum atomic E-state index is 12.8. The van der Waals surface area contributed by atoms with E-state index < -0.39 is 59.3 Å². The number of aliphatic hydroxyl groups is 1. The molecular weight excluding hydrogens is 526 g/mol. The third-order valence-corrected chi connectivity index (χ3v) is 6.68. The Hall–Kier alpha value is -4.17. The minimum absolute atomic E-state index is 0.0209. The molecule has 0 bridgehead atoms. The van der Waals surface area contributed by atoms with E-state index >= 15 is 0 Å². The normalized spacial score (nSPS) is 22.1. The number of primary amides is 1. The third-order valence-electron chi connectivity index (χ3n) is 6.68. The van der Waals surface area contributed by atoms with Gasteiger partial charge in [0.15, 0.2) is 23.6 Å². The number of ether oxygens (including phenoxy) is 4. The molecule has 7 N–H and O–H groups in total. The van der Waals surface area contributed by atoms with Gasteiger partial charge in [0, 0.05) is 24.8 Å². The minimum Gasteiger partial charge on any atom is -0.505 e. The van der Waals surface area contributed by atoms with Gasteiger partial charge in [-0.25, -0.2) is 9.59 Å². The first kappa shape index (κ1) is 28.8. The smallest absolute Gasteiger partial charge is 0.404 e. The molecule has 0 radical (unpaired) electrons. The van der Waals surface area contributed by atoms with Crippen LogP contribution in [0.4, 0.5) is 10.5 Å². The first-order valence-corrected chi connectivity index (χ1v) is 12.3. The van der Waals surface area contributed by atoms with E-state index in [9.17, 15) is 24.6 Å². The molecule has 0 spiro atoms. The summed E-state index contributed by atoms with van der Waals surface area (Å²) in [4.78, 5) is 37.0. The molecule has 1 aromatic heterocycles. The average Bonchev–Trinajstić information content (AvgIpc) is 2.90. The molecule has 2 aromatic carbocycles. The summed E-state index contributed by atoms with van der Waals surface area (Å²) in [5, 5.41) is 24.3. The molecule has 4 atom stereocenters. The second kappa shape index (κ2) is 11.1. The Morgan fingerprint density at radius 1 is 1.20 bits per heavy atom. The van der Waals surface area contributed by atoms with E-state index in [1.165, 1.54) is 19.2 Å². The Kier molecular flexibility index (Phi) is 8.03. The molecule has 13 nitrogen and oxygen atoms in total. The van der Waals surface area contributed by atoms with Crippen LogP contribution in [0.2, 0.25) is 0 Å². The average molecular weight is 558 g/mol. The second-order valence-corrected chi connectivity index (χ2v) is 9.79. The first-order chi connectivity index (χ1) is 18.9. The van der Waals surface area contributed by atoms with E-state index in [0.29, 0.717) is 5.56 Å². The minimum atomic E-state index is -1.50. The van der Waals surface area contributed by atoms with Crippen LogP contribution < -0.4 is 27.1 Å². The van der Waals surface area contributed by atoms with Gasteiger partial charge in [-0.3, -0.25) is 4.79 Å². The van der Waals surface area contributed by atoms with Crippen LogP contribution in [0.25, 0.3) is 11.0 Å². The lowest BCUT2D eigenvalue weighted by Gasteiger charge is -2.47. The van der Waals surface area contributed by atoms with Crippen molar-refractivity contribution >= 4 is 28.7 Å². The van der Waals surface area contributed by atoms with Crippen molar-refractivity contribution in [3.05, 3.63) is 63.5 Å². The molecule has 2 amide bonds. The van der Waals surface area contributed by atoms with Gasteiger partial charge in [-0.1, -0.05) is 12.1 Å². The topological polar surface area (TPSA) is 206 Å². The Bertz CT molecular complexity index is 1500. The van der Waals surface area contributed by atoms with Crippen molar-refractivity contribution < 1.29 is 43.2 Å². The Morgan fingerprint density at radius 3 is 2.58 bits per heavy atom. The van der Waals surface area contributed by atoms with Crippen LogP contribution in [0.3, 0.4) is 0 Å². The number of methoxy groups -OCH3 is 1. The van der Waals surface area contributed by atoms with E-state index in [2.05, 4.69) is 5.32 Å². The number of anilines is 1. The van der Waals surface area contributed by atoms with Crippen LogP contribution in [0.15, 0.2) is 45.6 Å². The molecule has 3 aromatic rings. The zero-order chi connectivity index (χ0) is 29.4. The number of hydrogen-bond acceptors (Lipinski definition) is 11. The van der Waals surface area contributed by atoms with Crippen molar-refractivity contribution in [2.45, 2.75) is 57.5 Å². The number of hydrogen-bond donors (Lipinski definition) is 5. The summed E-state index contributed by atoms with van der Waals surface area (Å²) in [6.07, 6.45) is -6.04. The number of aliphatic hydroxyl groups excluding tert-OH is 1. The molecule has 0 unspecified atom stereocenters. The van der Waals surface area contributed by atoms with Crippen molar-refractivity contribution in [1.29, 1.82) is 0 Å². The van der Waals surface area contributed by atoms with Crippen molar-refractivity contribution in [2.24, 2.45) is 11.5 Å². The van der Waals surface area contributed by atoms with Gasteiger partial charge in [0.05, 0.1) is 11.0 Å². The standard InChI is InChI=1S/C27H31N3O10/c1-12-16(37-25-19(32)21(39-26(29)35)22(36-4)27(2,3)40-25)9-8-15-18(31)17(24(34)38-20(12)15)30-23(33)14-7-5-6-13(10-14)11-28/h5-10,19,21-22,25,31-32H,11,28H2,1-4H3,(H2,29,35)(H,30,33)/t19-,21+,22-,25-/m1/s1. The molecule has 214 valence electrons. The third kappa shape index (κ3) is 5.45. The van der Waals surface area contributed by atoms with Crippen LogP contribution in [-0.4, -0.2) is 59.5 Å². The molecule has 13 heteroatoms. The number of fused-ring (bicyclic) bond motifs is 1. The molecule has 0 aliphatic carbocycles. The van der Waals surface area contributed by atoms with E-state index in [-0.39, 0.29) is 34.4 Å². The number of nitrogens with two attached hydrogens (primary N) is 2. The van der Waals surface area contributed by atoms with E-state index in [1.54, 1.807) is 45.0 Å². The molecule has 1 aliphatic rings. The summed E-state index contributed by atoms with van der Waals surface area (Å²) >= 11 is 0. The number of carbonyl (C=O) groups is 2. The molecule has 1 saturated heterocycles. The van der Waals surface area contributed by atoms with Crippen LogP contribution in [0, 0.1) is 6.92 Å². The quantitative estimate of drug-likeness (QED) is 0.265. The predicted octanol–water partition coefficient (Wildman–Crippen LogP) is 1.87. The van der Waals surface area contributed by atoms with Gasteiger partial charge in [-0.05, 0) is 50.6 Å². The molecule has 4 rings (SSSR count). The lowest BCUT2D eigenvalue weighted by atomic mass is 9.89. The number of benzene rings is 2. The van der Waals surface area contributed by atoms with Gasteiger partial charge in [0.25, 0.3) is 5.91 Å². The Labute approximate surface area is 228 Å². The lowest BCUT2D eigenvalue weighted by molar-refractivity contribution is -0.304. The van der Waals surface area contributed by atoms with Gasteiger partial charge in [0.2, 0.25) is 6.29 Å². The number of amides is 2. The highest BCUT2D eigenvalue weighted by molar-refractivity contribution is 6.06. The summed E-state index contributed by atoms with van der Waals surface area (Å²) in [5.74, 6) is -1.00. The largest absolute Gasteiger partial charge is 0.505 e. The highest BCUT2D eigenvalue weighted by Crippen LogP contribution is 2.38. The highest BCUT2D eigenvalue weighted by atomic mass is 16.7. The molecule has 0 saturated carbocycles. The summed E-state index contributed by atoms with van der Waals surface area (Å²) in [7, 11) is 1.37. The molecule has 40 heavy (non-hydrogen) atoms. The fourth-order valence-electron chi connectivity index (χ4n) is 4.70. The predicted molar refractivity (Wildman–Crippen MR) is 142 cm³/mol. The van der Waals surface area contributed by atoms with Crippen LogP contribution in [-0.2, 0) is 20.8 Å². The number of rotatable bonds is 7. The number of carbonyl (C=O) groups excluding carboxylic acids is 2. The second-order valence-electron chi connectivity index (χ2n) is 9.79. The summed E-state index contributed by atoms with van der Waals surface area (Å²) < 4.78 is 27.8. The molecule has 1 aliphatic heterocycles. The van der Waals surface area contributed by atoms with Crippen LogP contribution in [0.1, 0.15) is 35.3 Å². The van der Waals surface area contributed by atoms with E-state index in [4.69, 9.17) is 34.8 Å².